The van der Waals surface area contributed by atoms with E-state index in [4.69, 9.17) is 15.2 Å². The second-order valence-corrected chi connectivity index (χ2v) is 7.20. The number of ether oxygens (including phenoxy) is 2. The molecule has 0 bridgehead atoms. The Hall–Kier alpha value is -3.98. The molecule has 1 aliphatic heterocycles. The molecule has 2 heterocycles. The first-order valence-corrected chi connectivity index (χ1v) is 9.54. The molecule has 0 saturated carbocycles. The lowest BCUT2D eigenvalue weighted by Crippen LogP contribution is -2.31. The number of hydrogen-bond donors (Lipinski definition) is 1. The maximum atomic E-state index is 13.1. The van der Waals surface area contributed by atoms with E-state index in [9.17, 15) is 10.1 Å². The lowest BCUT2D eigenvalue weighted by atomic mass is 9.84. The summed E-state index contributed by atoms with van der Waals surface area (Å²) in [5.41, 5.74) is 8.96. The number of fused-ring (bicyclic) bond motifs is 1. The number of benzene rings is 2. The largest absolute Gasteiger partial charge is 0.489 e. The molecule has 2 aromatic carbocycles. The van der Waals surface area contributed by atoms with Crippen molar-refractivity contribution in [3.63, 3.8) is 0 Å². The third kappa shape index (κ3) is 3.42. The SMILES string of the molecule is Cc1cc2c(c(=O)n1C)C(c1cccc(OCc3ccccc3)c1)C(C#N)=C(N)O2. The van der Waals surface area contributed by atoms with Gasteiger partial charge in [-0.3, -0.25) is 4.79 Å². The van der Waals surface area contributed by atoms with Gasteiger partial charge in [0.05, 0.1) is 11.5 Å². The van der Waals surface area contributed by atoms with E-state index in [0.29, 0.717) is 23.7 Å². The zero-order chi connectivity index (χ0) is 21.3. The molecule has 0 spiro atoms. The maximum Gasteiger partial charge on any atom is 0.258 e. The van der Waals surface area contributed by atoms with Crippen LogP contribution in [-0.4, -0.2) is 4.57 Å². The highest BCUT2D eigenvalue weighted by molar-refractivity contribution is 5.56. The van der Waals surface area contributed by atoms with Crippen LogP contribution in [0.15, 0.2) is 76.9 Å². The van der Waals surface area contributed by atoms with Gasteiger partial charge in [-0.1, -0.05) is 42.5 Å². The average Bonchev–Trinajstić information content (AvgIpc) is 2.76. The minimum Gasteiger partial charge on any atom is -0.489 e. The Labute approximate surface area is 174 Å². The number of nitrogens with zero attached hydrogens (tertiary/aromatic N) is 2. The highest BCUT2D eigenvalue weighted by Gasteiger charge is 2.34. The summed E-state index contributed by atoms with van der Waals surface area (Å²) in [7, 11) is 1.70. The molecule has 2 N–H and O–H groups in total. The van der Waals surface area contributed by atoms with Crippen LogP contribution in [0.2, 0.25) is 0 Å². The molecule has 6 heteroatoms. The lowest BCUT2D eigenvalue weighted by Gasteiger charge is -2.27. The van der Waals surface area contributed by atoms with Crippen LogP contribution in [0.3, 0.4) is 0 Å². The van der Waals surface area contributed by atoms with Crippen molar-refractivity contribution in [1.82, 2.24) is 4.57 Å². The topological polar surface area (TPSA) is 90.3 Å². The van der Waals surface area contributed by atoms with Crippen molar-refractivity contribution in [2.45, 2.75) is 19.4 Å². The molecule has 1 aromatic heterocycles. The van der Waals surface area contributed by atoms with Gasteiger partial charge < -0.3 is 19.8 Å². The summed E-state index contributed by atoms with van der Waals surface area (Å²) in [5.74, 6) is 0.411. The van der Waals surface area contributed by atoms with Crippen LogP contribution in [0.25, 0.3) is 0 Å². The van der Waals surface area contributed by atoms with Gasteiger partial charge in [0.2, 0.25) is 5.88 Å². The standard InChI is InChI=1S/C24H21N3O3/c1-15-11-20-22(24(28)27(15)2)21(19(13-25)23(26)30-20)17-9-6-10-18(12-17)29-14-16-7-4-3-5-8-16/h3-12,21H,14,26H2,1-2H3. The van der Waals surface area contributed by atoms with Crippen LogP contribution in [0.4, 0.5) is 0 Å². The highest BCUT2D eigenvalue weighted by Crippen LogP contribution is 2.41. The predicted molar refractivity (Wildman–Crippen MR) is 113 cm³/mol. The summed E-state index contributed by atoms with van der Waals surface area (Å²) in [4.78, 5) is 13.1. The fraction of sp³-hybridized carbons (Fsp3) is 0.167. The number of pyridine rings is 1. The second-order valence-electron chi connectivity index (χ2n) is 7.20. The first-order valence-electron chi connectivity index (χ1n) is 9.54. The molecule has 1 aliphatic rings. The van der Waals surface area contributed by atoms with Crippen molar-refractivity contribution in [3.05, 3.63) is 105 Å². The van der Waals surface area contributed by atoms with E-state index in [2.05, 4.69) is 6.07 Å². The Morgan fingerprint density at radius 1 is 1.17 bits per heavy atom. The normalized spacial score (nSPS) is 15.2. The quantitative estimate of drug-likeness (QED) is 0.725. The van der Waals surface area contributed by atoms with E-state index in [1.807, 2.05) is 61.5 Å². The number of hydrogen-bond acceptors (Lipinski definition) is 5. The third-order valence-electron chi connectivity index (χ3n) is 5.29. The summed E-state index contributed by atoms with van der Waals surface area (Å²) < 4.78 is 13.1. The molecule has 0 radical (unpaired) electrons. The number of rotatable bonds is 4. The van der Waals surface area contributed by atoms with Gasteiger partial charge in [0.15, 0.2) is 0 Å². The summed E-state index contributed by atoms with van der Waals surface area (Å²) in [5, 5.41) is 9.75. The van der Waals surface area contributed by atoms with Crippen LogP contribution in [0, 0.1) is 18.3 Å². The van der Waals surface area contributed by atoms with Gasteiger partial charge in [0, 0.05) is 18.8 Å². The molecule has 4 rings (SSSR count). The van der Waals surface area contributed by atoms with Crippen LogP contribution in [0.5, 0.6) is 11.5 Å². The average molecular weight is 399 g/mol. The molecule has 6 nitrogen and oxygen atoms in total. The van der Waals surface area contributed by atoms with E-state index in [1.54, 1.807) is 17.7 Å². The Balaban J connectivity index is 1.77. The minimum absolute atomic E-state index is 0.0123. The highest BCUT2D eigenvalue weighted by atomic mass is 16.5. The van der Waals surface area contributed by atoms with Crippen LogP contribution >= 0.6 is 0 Å². The van der Waals surface area contributed by atoms with E-state index < -0.39 is 5.92 Å². The predicted octanol–water partition coefficient (Wildman–Crippen LogP) is 3.49. The Kier molecular flexibility index (Phi) is 5.03. The van der Waals surface area contributed by atoms with Crippen LogP contribution < -0.4 is 20.8 Å². The van der Waals surface area contributed by atoms with Crippen molar-refractivity contribution in [1.29, 1.82) is 5.26 Å². The zero-order valence-electron chi connectivity index (χ0n) is 16.8. The van der Waals surface area contributed by atoms with Crippen LogP contribution in [-0.2, 0) is 13.7 Å². The Morgan fingerprint density at radius 3 is 2.67 bits per heavy atom. The molecule has 0 aliphatic carbocycles. The van der Waals surface area contributed by atoms with Crippen LogP contribution in [0.1, 0.15) is 28.3 Å². The fourth-order valence-electron chi connectivity index (χ4n) is 3.60. The molecule has 1 atom stereocenters. The Bertz CT molecular complexity index is 1240. The van der Waals surface area contributed by atoms with E-state index >= 15 is 0 Å². The van der Waals surface area contributed by atoms with Crippen molar-refractivity contribution in [2.75, 3.05) is 0 Å². The molecule has 3 aromatic rings. The molecule has 1 unspecified atom stereocenters. The monoisotopic (exact) mass is 399 g/mol. The summed E-state index contributed by atoms with van der Waals surface area (Å²) in [6.07, 6.45) is 0. The van der Waals surface area contributed by atoms with Gasteiger partial charge in [-0.15, -0.1) is 0 Å². The number of allylic oxidation sites excluding steroid dienone is 1. The molecular weight excluding hydrogens is 378 g/mol. The van der Waals surface area contributed by atoms with E-state index in [-0.39, 0.29) is 17.0 Å². The zero-order valence-corrected chi connectivity index (χ0v) is 16.8. The molecule has 0 fully saturated rings. The molecule has 150 valence electrons. The molecule has 0 amide bonds. The minimum atomic E-state index is -0.627. The summed E-state index contributed by atoms with van der Waals surface area (Å²) >= 11 is 0. The molecule has 30 heavy (non-hydrogen) atoms. The maximum absolute atomic E-state index is 13.1. The van der Waals surface area contributed by atoms with Gasteiger partial charge in [-0.2, -0.15) is 5.26 Å². The van der Waals surface area contributed by atoms with Crippen molar-refractivity contribution < 1.29 is 9.47 Å². The smallest absolute Gasteiger partial charge is 0.258 e. The number of aromatic nitrogens is 1. The van der Waals surface area contributed by atoms with E-state index in [1.165, 1.54) is 0 Å². The number of aryl methyl sites for hydroxylation is 1. The molecular formula is C24H21N3O3. The lowest BCUT2D eigenvalue weighted by molar-refractivity contribution is 0.306. The number of nitriles is 1. The van der Waals surface area contributed by atoms with Crippen molar-refractivity contribution in [3.8, 4) is 17.6 Å². The fourth-order valence-corrected chi connectivity index (χ4v) is 3.60. The summed E-state index contributed by atoms with van der Waals surface area (Å²) in [6.45, 7) is 2.23. The first kappa shape index (κ1) is 19.3. The molecule has 0 saturated heterocycles. The van der Waals surface area contributed by atoms with Gasteiger partial charge in [-0.05, 0) is 30.2 Å². The third-order valence-corrected chi connectivity index (χ3v) is 5.29. The summed E-state index contributed by atoms with van der Waals surface area (Å²) in [6, 6.07) is 21.1. The second kappa shape index (κ2) is 7.80. The van der Waals surface area contributed by atoms with Gasteiger partial charge in [0.1, 0.15) is 29.7 Å². The van der Waals surface area contributed by atoms with Gasteiger partial charge >= 0.3 is 0 Å². The first-order chi connectivity index (χ1) is 14.5. The van der Waals surface area contributed by atoms with E-state index in [0.717, 1.165) is 16.8 Å². The van der Waals surface area contributed by atoms with Crippen molar-refractivity contribution >= 4 is 0 Å². The van der Waals surface area contributed by atoms with Gasteiger partial charge in [-0.25, -0.2) is 0 Å². The van der Waals surface area contributed by atoms with Gasteiger partial charge in [0.25, 0.3) is 5.56 Å². The number of nitrogens with two attached hydrogens (primary N) is 1. The Morgan fingerprint density at radius 2 is 1.93 bits per heavy atom. The van der Waals surface area contributed by atoms with Crippen molar-refractivity contribution in [2.24, 2.45) is 12.8 Å².